The van der Waals surface area contributed by atoms with Crippen LogP contribution in [0.5, 0.6) is 0 Å². The molecule has 0 bridgehead atoms. The van der Waals surface area contributed by atoms with Crippen molar-refractivity contribution in [1.29, 1.82) is 0 Å². The first-order chi connectivity index (χ1) is 13.4. The summed E-state index contributed by atoms with van der Waals surface area (Å²) >= 11 is 0. The fraction of sp³-hybridized carbons (Fsp3) is 0.684. The molecular formula is C19H34N6O4. The summed E-state index contributed by atoms with van der Waals surface area (Å²) in [5.74, 6) is -0.791. The maximum Gasteiger partial charge on any atom is 0.330 e. The minimum atomic E-state index is -0.701. The number of nitrogen functional groups attached to an aromatic ring is 1. The van der Waals surface area contributed by atoms with Crippen molar-refractivity contribution in [2.45, 2.75) is 66.0 Å². The molecule has 0 aliphatic rings. The summed E-state index contributed by atoms with van der Waals surface area (Å²) in [6.07, 6.45) is 1.50. The third-order valence-electron chi connectivity index (χ3n) is 4.40. The highest BCUT2D eigenvalue weighted by atomic mass is 16.2. The Morgan fingerprint density at radius 2 is 1.90 bits per heavy atom. The number of nitrogens with two attached hydrogens (primary N) is 2. The summed E-state index contributed by atoms with van der Waals surface area (Å²) in [5.41, 5.74) is 9.38. The molecule has 0 aliphatic carbocycles. The van der Waals surface area contributed by atoms with Crippen molar-refractivity contribution in [3.63, 3.8) is 0 Å². The van der Waals surface area contributed by atoms with Crippen molar-refractivity contribution < 1.29 is 9.59 Å². The van der Waals surface area contributed by atoms with Crippen LogP contribution in [-0.2, 0) is 16.1 Å². The zero-order valence-corrected chi connectivity index (χ0v) is 18.0. The molecule has 164 valence electrons. The van der Waals surface area contributed by atoms with Gasteiger partial charge < -0.3 is 21.7 Å². The lowest BCUT2D eigenvalue weighted by Crippen LogP contribution is -2.50. The molecule has 0 fully saturated rings. The average molecular weight is 411 g/mol. The van der Waals surface area contributed by atoms with Gasteiger partial charge in [-0.05, 0) is 26.2 Å². The van der Waals surface area contributed by atoms with E-state index in [0.29, 0.717) is 13.0 Å². The molecule has 1 aromatic rings. The summed E-state index contributed by atoms with van der Waals surface area (Å²) in [6, 6.07) is 0. The predicted molar refractivity (Wildman–Crippen MR) is 114 cm³/mol. The monoisotopic (exact) mass is 410 g/mol. The molecule has 0 aromatic carbocycles. The number of unbranched alkanes of at least 4 members (excludes halogenated alkanes) is 1. The molecule has 0 saturated heterocycles. The second-order valence-corrected chi connectivity index (χ2v) is 8.28. The number of anilines is 2. The Morgan fingerprint density at radius 3 is 2.41 bits per heavy atom. The first-order valence-corrected chi connectivity index (χ1v) is 9.85. The summed E-state index contributed by atoms with van der Waals surface area (Å²) in [5, 5.41) is 3.00. The molecule has 1 aromatic heterocycles. The second-order valence-electron chi connectivity index (χ2n) is 8.28. The number of carbonyl (C=O) groups excluding carboxylic acids is 2. The lowest BCUT2D eigenvalue weighted by atomic mass is 10.0. The third kappa shape index (κ3) is 7.04. The highest BCUT2D eigenvalue weighted by Crippen LogP contribution is 2.19. The van der Waals surface area contributed by atoms with Crippen LogP contribution in [0.2, 0.25) is 0 Å². The highest BCUT2D eigenvalue weighted by Gasteiger charge is 2.26. The topological polar surface area (TPSA) is 156 Å². The minimum absolute atomic E-state index is 0.0294. The summed E-state index contributed by atoms with van der Waals surface area (Å²) < 4.78 is 1.28. The Balaban J connectivity index is 3.27. The Hall–Kier alpha value is -2.62. The van der Waals surface area contributed by atoms with E-state index in [9.17, 15) is 19.2 Å². The molecule has 0 unspecified atom stereocenters. The molecule has 0 saturated carbocycles. The van der Waals surface area contributed by atoms with E-state index in [2.05, 4.69) is 10.3 Å². The van der Waals surface area contributed by atoms with Gasteiger partial charge in [-0.1, -0.05) is 27.2 Å². The first kappa shape index (κ1) is 24.4. The van der Waals surface area contributed by atoms with E-state index in [-0.39, 0.29) is 42.8 Å². The van der Waals surface area contributed by atoms with Gasteiger partial charge in [0.25, 0.3) is 5.56 Å². The molecule has 6 N–H and O–H groups in total. The fourth-order valence-electron chi connectivity index (χ4n) is 2.97. The molecular weight excluding hydrogens is 376 g/mol. The van der Waals surface area contributed by atoms with Crippen molar-refractivity contribution in [2.24, 2.45) is 11.7 Å². The van der Waals surface area contributed by atoms with Crippen LogP contribution in [0.25, 0.3) is 0 Å². The summed E-state index contributed by atoms with van der Waals surface area (Å²) in [4.78, 5) is 52.4. The zero-order chi connectivity index (χ0) is 22.4. The maximum absolute atomic E-state index is 13.0. The molecule has 0 spiro atoms. The van der Waals surface area contributed by atoms with Crippen LogP contribution in [-0.4, -0.2) is 40.0 Å². The van der Waals surface area contributed by atoms with Crippen molar-refractivity contribution >= 4 is 23.3 Å². The van der Waals surface area contributed by atoms with Crippen LogP contribution in [0.3, 0.4) is 0 Å². The van der Waals surface area contributed by atoms with Gasteiger partial charge in [0.15, 0.2) is 5.69 Å². The van der Waals surface area contributed by atoms with Gasteiger partial charge in [0.05, 0.1) is 6.54 Å². The van der Waals surface area contributed by atoms with E-state index in [1.807, 2.05) is 20.8 Å². The normalized spacial score (nSPS) is 11.7. The highest BCUT2D eigenvalue weighted by molar-refractivity contribution is 5.96. The van der Waals surface area contributed by atoms with Crippen molar-refractivity contribution in [1.82, 2.24) is 14.9 Å². The van der Waals surface area contributed by atoms with Crippen molar-refractivity contribution in [3.05, 3.63) is 20.8 Å². The Labute approximate surface area is 170 Å². The molecule has 1 rings (SSSR count). The number of carbonyl (C=O) groups is 2. The van der Waals surface area contributed by atoms with E-state index >= 15 is 0 Å². The molecule has 0 atom stereocenters. The van der Waals surface area contributed by atoms with Crippen LogP contribution < -0.4 is 32.9 Å². The summed E-state index contributed by atoms with van der Waals surface area (Å²) in [7, 11) is 0. The van der Waals surface area contributed by atoms with Gasteiger partial charge in [0.1, 0.15) is 5.82 Å². The van der Waals surface area contributed by atoms with Gasteiger partial charge in [-0.3, -0.25) is 23.9 Å². The van der Waals surface area contributed by atoms with Gasteiger partial charge in [0, 0.05) is 25.0 Å². The lowest BCUT2D eigenvalue weighted by Gasteiger charge is -2.28. The maximum atomic E-state index is 13.0. The molecule has 2 amide bonds. The first-order valence-electron chi connectivity index (χ1n) is 9.85. The van der Waals surface area contributed by atoms with Crippen molar-refractivity contribution in [2.75, 3.05) is 23.7 Å². The van der Waals surface area contributed by atoms with E-state index < -0.39 is 22.7 Å². The van der Waals surface area contributed by atoms with Crippen LogP contribution in [0.1, 0.15) is 53.9 Å². The van der Waals surface area contributed by atoms with Gasteiger partial charge in [-0.15, -0.1) is 0 Å². The quantitative estimate of drug-likeness (QED) is 0.407. The standard InChI is InChI=1S/C19H34N6O4/c1-6-7-8-24(14(27)10-22-19(4,5)9-13(20)26)15-16(21)25(11-12(2)3)18(29)23-17(15)28/h12,22H,6-11,21H2,1-5H3,(H2,20,26)(H,23,28,29). The Morgan fingerprint density at radius 1 is 1.28 bits per heavy atom. The Kier molecular flexibility index (Phi) is 8.62. The van der Waals surface area contributed by atoms with Gasteiger partial charge in [-0.2, -0.15) is 0 Å². The van der Waals surface area contributed by atoms with Gasteiger partial charge in [0.2, 0.25) is 11.8 Å². The third-order valence-corrected chi connectivity index (χ3v) is 4.40. The number of aromatic amines is 1. The number of hydrogen-bond donors (Lipinski definition) is 4. The SMILES string of the molecule is CCCCN(C(=O)CNC(C)(C)CC(N)=O)c1c(N)n(CC(C)C)c(=O)[nH]c1=O. The Bertz CT molecular complexity index is 840. The number of amides is 2. The average Bonchev–Trinajstić information content (AvgIpc) is 2.58. The molecule has 0 radical (unpaired) electrons. The van der Waals surface area contributed by atoms with Crippen LogP contribution >= 0.6 is 0 Å². The number of primary amides is 1. The molecule has 1 heterocycles. The second kappa shape index (κ2) is 10.2. The van der Waals surface area contributed by atoms with Gasteiger partial charge in [-0.25, -0.2) is 4.79 Å². The molecule has 10 nitrogen and oxygen atoms in total. The van der Waals surface area contributed by atoms with Crippen LogP contribution in [0.4, 0.5) is 11.5 Å². The molecule has 0 aliphatic heterocycles. The van der Waals surface area contributed by atoms with Crippen LogP contribution in [0.15, 0.2) is 9.59 Å². The van der Waals surface area contributed by atoms with Crippen LogP contribution in [0, 0.1) is 5.92 Å². The van der Waals surface area contributed by atoms with Gasteiger partial charge >= 0.3 is 5.69 Å². The number of rotatable bonds is 11. The minimum Gasteiger partial charge on any atom is -0.383 e. The number of nitrogens with zero attached hydrogens (tertiary/aromatic N) is 2. The predicted octanol–water partition coefficient (Wildman–Crippen LogP) is 0.152. The number of nitrogens with one attached hydrogen (secondary N) is 2. The van der Waals surface area contributed by atoms with E-state index in [4.69, 9.17) is 11.5 Å². The number of aromatic nitrogens is 2. The largest absolute Gasteiger partial charge is 0.383 e. The fourth-order valence-corrected chi connectivity index (χ4v) is 2.97. The number of H-pyrrole nitrogens is 1. The van der Waals surface area contributed by atoms with E-state index in [1.54, 1.807) is 13.8 Å². The number of hydrogen-bond acceptors (Lipinski definition) is 6. The summed E-state index contributed by atoms with van der Waals surface area (Å²) in [6.45, 7) is 9.78. The lowest BCUT2D eigenvalue weighted by molar-refractivity contribution is -0.121. The smallest absolute Gasteiger partial charge is 0.330 e. The van der Waals surface area contributed by atoms with Crippen molar-refractivity contribution in [3.8, 4) is 0 Å². The van der Waals surface area contributed by atoms with E-state index in [0.717, 1.165) is 6.42 Å². The van der Waals surface area contributed by atoms with E-state index in [1.165, 1.54) is 9.47 Å². The molecule has 10 heteroatoms. The molecule has 29 heavy (non-hydrogen) atoms. The zero-order valence-electron chi connectivity index (χ0n) is 18.0.